The first kappa shape index (κ1) is 15.8. The Morgan fingerprint density at radius 1 is 1.11 bits per heavy atom. The first-order chi connectivity index (χ1) is 8.24. The Bertz CT molecular complexity index is 343. The van der Waals surface area contributed by atoms with Crippen molar-refractivity contribution < 1.29 is 17.3 Å². The lowest BCUT2D eigenvalue weighted by atomic mass is 10.2. The van der Waals surface area contributed by atoms with E-state index in [4.69, 9.17) is 4.74 Å². The largest absolute Gasteiger partial charge is 0.375 e. The van der Waals surface area contributed by atoms with Gasteiger partial charge in [0.05, 0.1) is 19.3 Å². The summed E-state index contributed by atoms with van der Waals surface area (Å²) < 4.78 is 34.4. The van der Waals surface area contributed by atoms with Crippen LogP contribution in [0, 0.1) is 0 Å². The molecule has 0 aliphatic carbocycles. The van der Waals surface area contributed by atoms with E-state index in [1.54, 1.807) is 0 Å². The predicted molar refractivity (Wildman–Crippen MR) is 69.6 cm³/mol. The highest BCUT2D eigenvalue weighted by Crippen LogP contribution is 2.10. The molecule has 1 aliphatic heterocycles. The van der Waals surface area contributed by atoms with Crippen molar-refractivity contribution in [3.05, 3.63) is 0 Å². The molecule has 0 aromatic rings. The van der Waals surface area contributed by atoms with Gasteiger partial charge < -0.3 is 4.74 Å². The van der Waals surface area contributed by atoms with Crippen molar-refractivity contribution in [1.29, 1.82) is 0 Å². The molecule has 7 heteroatoms. The van der Waals surface area contributed by atoms with Gasteiger partial charge in [-0.15, -0.1) is 0 Å². The average Bonchev–Trinajstić information content (AvgIpc) is 2.28. The third kappa shape index (κ3) is 5.19. The average molecular weight is 280 g/mol. The van der Waals surface area contributed by atoms with Crippen LogP contribution in [-0.4, -0.2) is 69.7 Å². The molecule has 18 heavy (non-hydrogen) atoms. The molecule has 0 atom stereocenters. The zero-order valence-electron chi connectivity index (χ0n) is 11.7. The summed E-state index contributed by atoms with van der Waals surface area (Å²) in [6, 6.07) is 0. The van der Waals surface area contributed by atoms with E-state index in [2.05, 4.69) is 9.08 Å². The smallest absolute Gasteiger partial charge is 0.338 e. The quantitative estimate of drug-likeness (QED) is 0.725. The third-order valence-corrected chi connectivity index (χ3v) is 4.22. The maximum atomic E-state index is 11.5. The van der Waals surface area contributed by atoms with Gasteiger partial charge in [-0.25, -0.2) is 0 Å². The third-order valence-electron chi connectivity index (χ3n) is 2.80. The molecule has 108 valence electrons. The predicted octanol–water partition coefficient (Wildman–Crippen LogP) is 0.310. The highest BCUT2D eigenvalue weighted by molar-refractivity contribution is 7.84. The number of ether oxygens (including phenoxy) is 1. The van der Waals surface area contributed by atoms with Gasteiger partial charge in [0, 0.05) is 32.7 Å². The number of hydrogen-bond acceptors (Lipinski definition) is 5. The van der Waals surface area contributed by atoms with Gasteiger partial charge in [-0.05, 0) is 20.8 Å². The molecule has 0 bridgehead atoms. The fraction of sp³-hybridized carbons (Fsp3) is 1.00. The molecule has 6 nitrogen and oxygen atoms in total. The molecule has 0 aromatic heterocycles. The van der Waals surface area contributed by atoms with Crippen molar-refractivity contribution >= 4 is 10.3 Å². The monoisotopic (exact) mass is 280 g/mol. The van der Waals surface area contributed by atoms with Crippen molar-refractivity contribution in [2.75, 3.05) is 46.4 Å². The second-order valence-corrected chi connectivity index (χ2v) is 7.03. The van der Waals surface area contributed by atoms with Crippen molar-refractivity contribution in [3.8, 4) is 0 Å². The van der Waals surface area contributed by atoms with Gasteiger partial charge in [-0.2, -0.15) is 12.7 Å². The molecule has 0 amide bonds. The fourth-order valence-corrected chi connectivity index (χ4v) is 2.58. The number of piperazine rings is 1. The lowest BCUT2D eigenvalue weighted by Crippen LogP contribution is -2.49. The van der Waals surface area contributed by atoms with Gasteiger partial charge in [-0.3, -0.25) is 9.08 Å². The summed E-state index contributed by atoms with van der Waals surface area (Å²) in [5, 5.41) is 0. The first-order valence-corrected chi connectivity index (χ1v) is 7.53. The van der Waals surface area contributed by atoms with Crippen molar-refractivity contribution in [2.24, 2.45) is 0 Å². The minimum Gasteiger partial charge on any atom is -0.375 e. The minimum absolute atomic E-state index is 0.124. The summed E-state index contributed by atoms with van der Waals surface area (Å²) in [7, 11) is -2.32. The Morgan fingerprint density at radius 3 is 2.11 bits per heavy atom. The summed E-state index contributed by atoms with van der Waals surface area (Å²) in [5.74, 6) is 0. The molecule has 0 saturated carbocycles. The van der Waals surface area contributed by atoms with Crippen LogP contribution in [0.15, 0.2) is 0 Å². The topological polar surface area (TPSA) is 59.1 Å². The van der Waals surface area contributed by atoms with Crippen LogP contribution >= 0.6 is 0 Å². The molecule has 0 unspecified atom stereocenters. The zero-order chi connectivity index (χ0) is 13.8. The van der Waals surface area contributed by atoms with E-state index in [1.807, 2.05) is 20.8 Å². The van der Waals surface area contributed by atoms with E-state index in [0.717, 1.165) is 19.6 Å². The van der Waals surface area contributed by atoms with Gasteiger partial charge in [0.1, 0.15) is 0 Å². The Morgan fingerprint density at radius 2 is 1.67 bits per heavy atom. The van der Waals surface area contributed by atoms with Crippen molar-refractivity contribution in [2.45, 2.75) is 26.4 Å². The first-order valence-electron chi connectivity index (χ1n) is 6.16. The normalized spacial score (nSPS) is 20.2. The Balaban J connectivity index is 2.28. The van der Waals surface area contributed by atoms with Crippen LogP contribution in [0.2, 0.25) is 0 Å². The van der Waals surface area contributed by atoms with E-state index in [1.165, 1.54) is 11.4 Å². The van der Waals surface area contributed by atoms with E-state index in [-0.39, 0.29) is 5.60 Å². The van der Waals surface area contributed by atoms with Gasteiger partial charge in [0.25, 0.3) is 0 Å². The fourth-order valence-electron chi connectivity index (χ4n) is 1.76. The summed E-state index contributed by atoms with van der Waals surface area (Å²) in [6.45, 7) is 9.96. The molecule has 0 spiro atoms. The second kappa shape index (κ2) is 6.29. The summed E-state index contributed by atoms with van der Waals surface area (Å²) >= 11 is 0. The summed E-state index contributed by atoms with van der Waals surface area (Å²) in [4.78, 5) is 2.20. The van der Waals surface area contributed by atoms with Crippen LogP contribution < -0.4 is 0 Å². The van der Waals surface area contributed by atoms with Crippen LogP contribution in [0.3, 0.4) is 0 Å². The molecule has 1 rings (SSSR count). The molecule has 1 saturated heterocycles. The standard InChI is InChI=1S/C11H24N2O4S/c1-11(2,3)17-10-9-12-5-7-13(8-6-12)18(14,15)16-4/h5-10H2,1-4H3. The maximum Gasteiger partial charge on any atom is 0.338 e. The lowest BCUT2D eigenvalue weighted by Gasteiger charge is -2.33. The highest BCUT2D eigenvalue weighted by Gasteiger charge is 2.26. The van der Waals surface area contributed by atoms with E-state index >= 15 is 0 Å². The van der Waals surface area contributed by atoms with Crippen LogP contribution in [-0.2, 0) is 19.2 Å². The molecule has 0 N–H and O–H groups in total. The SMILES string of the molecule is COS(=O)(=O)N1CCN(CCOC(C)(C)C)CC1. The highest BCUT2D eigenvalue weighted by atomic mass is 32.2. The van der Waals surface area contributed by atoms with Crippen LogP contribution in [0.25, 0.3) is 0 Å². The lowest BCUT2D eigenvalue weighted by molar-refractivity contribution is -0.0157. The number of nitrogens with zero attached hydrogens (tertiary/aromatic N) is 2. The molecular weight excluding hydrogens is 256 g/mol. The molecule has 1 fully saturated rings. The van der Waals surface area contributed by atoms with Gasteiger partial charge in [0.15, 0.2) is 0 Å². The zero-order valence-corrected chi connectivity index (χ0v) is 12.5. The van der Waals surface area contributed by atoms with Crippen molar-refractivity contribution in [3.63, 3.8) is 0 Å². The van der Waals surface area contributed by atoms with Crippen molar-refractivity contribution in [1.82, 2.24) is 9.21 Å². The second-order valence-electron chi connectivity index (χ2n) is 5.33. The molecule has 0 radical (unpaired) electrons. The Hall–Kier alpha value is -0.210. The van der Waals surface area contributed by atoms with E-state index in [9.17, 15) is 8.42 Å². The van der Waals surface area contributed by atoms with E-state index in [0.29, 0.717) is 19.7 Å². The van der Waals surface area contributed by atoms with Crippen LogP contribution in [0.5, 0.6) is 0 Å². The van der Waals surface area contributed by atoms with Gasteiger partial charge in [0.2, 0.25) is 0 Å². The van der Waals surface area contributed by atoms with Crippen LogP contribution in [0.1, 0.15) is 20.8 Å². The van der Waals surface area contributed by atoms with Crippen LogP contribution in [0.4, 0.5) is 0 Å². The number of hydrogen-bond donors (Lipinski definition) is 0. The number of rotatable bonds is 5. The summed E-state index contributed by atoms with van der Waals surface area (Å²) in [6.07, 6.45) is 0. The minimum atomic E-state index is -3.51. The van der Waals surface area contributed by atoms with Gasteiger partial charge >= 0.3 is 10.3 Å². The molecule has 1 heterocycles. The molecule has 0 aromatic carbocycles. The molecule has 1 aliphatic rings. The van der Waals surface area contributed by atoms with Gasteiger partial charge in [-0.1, -0.05) is 0 Å². The Kier molecular flexibility index (Phi) is 5.54. The van der Waals surface area contributed by atoms with E-state index < -0.39 is 10.3 Å². The summed E-state index contributed by atoms with van der Waals surface area (Å²) in [5.41, 5.74) is -0.124. The molecular formula is C11H24N2O4S. The Labute approximate surface area is 110 Å². The maximum absolute atomic E-state index is 11.5.